The summed E-state index contributed by atoms with van der Waals surface area (Å²) >= 11 is 0. The molecular formula is C24H36N2O3. The van der Waals surface area contributed by atoms with Crippen LogP contribution in [0.4, 0.5) is 0 Å². The second kappa shape index (κ2) is 9.04. The third kappa shape index (κ3) is 6.99. The maximum absolute atomic E-state index is 5.96. The van der Waals surface area contributed by atoms with Gasteiger partial charge >= 0.3 is 0 Å². The summed E-state index contributed by atoms with van der Waals surface area (Å²) in [7, 11) is 0. The molecule has 0 N–H and O–H groups in total. The number of nitrogens with zero attached hydrogens (tertiary/aromatic N) is 2. The second-order valence-corrected chi connectivity index (χ2v) is 10.1. The van der Waals surface area contributed by atoms with E-state index in [1.165, 1.54) is 0 Å². The maximum Gasteiger partial charge on any atom is 0.138 e. The first-order valence-electron chi connectivity index (χ1n) is 10.7. The Kier molecular flexibility index (Phi) is 6.88. The van der Waals surface area contributed by atoms with E-state index < -0.39 is 0 Å². The van der Waals surface area contributed by atoms with Crippen molar-refractivity contribution in [2.45, 2.75) is 90.3 Å². The summed E-state index contributed by atoms with van der Waals surface area (Å²) in [4.78, 5) is 6.82. The fourth-order valence-corrected chi connectivity index (χ4v) is 3.45. The van der Waals surface area contributed by atoms with E-state index >= 15 is 0 Å². The Hall–Kier alpha value is -1.61. The number of pyridine rings is 1. The molecule has 0 unspecified atom stereocenters. The van der Waals surface area contributed by atoms with Gasteiger partial charge in [0.05, 0.1) is 30.6 Å². The number of hydrogen-bond acceptors (Lipinski definition) is 5. The molecule has 1 saturated heterocycles. The Morgan fingerprint density at radius 3 is 2.34 bits per heavy atom. The normalized spacial score (nSPS) is 23.0. The molecule has 0 bridgehead atoms. The molecular weight excluding hydrogens is 364 g/mol. The van der Waals surface area contributed by atoms with Crippen LogP contribution < -0.4 is 4.74 Å². The smallest absolute Gasteiger partial charge is 0.138 e. The van der Waals surface area contributed by atoms with E-state index in [4.69, 9.17) is 14.2 Å². The van der Waals surface area contributed by atoms with E-state index in [-0.39, 0.29) is 17.2 Å². The first-order valence-corrected chi connectivity index (χ1v) is 10.7. The lowest BCUT2D eigenvalue weighted by atomic mass is 9.91. The highest BCUT2D eigenvalue weighted by Gasteiger charge is 2.35. The minimum absolute atomic E-state index is 0.0901. The summed E-state index contributed by atoms with van der Waals surface area (Å²) in [5.74, 6) is 7.05. The van der Waals surface area contributed by atoms with Gasteiger partial charge in [-0.2, -0.15) is 0 Å². The van der Waals surface area contributed by atoms with Crippen molar-refractivity contribution < 1.29 is 14.2 Å². The molecule has 0 atom stereocenters. The minimum atomic E-state index is -0.0901. The molecule has 3 rings (SSSR count). The topological polar surface area (TPSA) is 43.8 Å². The standard InChI is InChI=1S/C24H36N2O3/c1-23(2,3)26-16-22(17-26)27-12-8-7-9-18-10-11-19(15-25-18)28-20-13-21(14-20)29-24(4,5)6/h10-11,15,20-22H,8,12-14,16-17H2,1-6H3. The summed E-state index contributed by atoms with van der Waals surface area (Å²) in [6.45, 7) is 15.7. The minimum Gasteiger partial charge on any atom is -0.489 e. The van der Waals surface area contributed by atoms with Crippen molar-refractivity contribution >= 4 is 0 Å². The third-order valence-corrected chi connectivity index (χ3v) is 5.20. The average Bonchev–Trinajstić information content (AvgIpc) is 2.53. The molecule has 160 valence electrons. The highest BCUT2D eigenvalue weighted by molar-refractivity contribution is 5.31. The molecule has 0 aromatic carbocycles. The van der Waals surface area contributed by atoms with Crippen molar-refractivity contribution in [3.05, 3.63) is 24.0 Å². The van der Waals surface area contributed by atoms with Crippen LogP contribution in [0, 0.1) is 11.8 Å². The molecule has 2 heterocycles. The van der Waals surface area contributed by atoms with Gasteiger partial charge in [-0.25, -0.2) is 4.98 Å². The predicted octanol–water partition coefficient (Wildman–Crippen LogP) is 4.05. The highest BCUT2D eigenvalue weighted by Crippen LogP contribution is 2.31. The molecule has 5 heteroatoms. The molecule has 0 spiro atoms. The Labute approximate surface area is 176 Å². The number of aromatic nitrogens is 1. The lowest BCUT2D eigenvalue weighted by molar-refractivity contribution is -0.126. The summed E-state index contributed by atoms with van der Waals surface area (Å²) in [6.07, 6.45) is 5.24. The summed E-state index contributed by atoms with van der Waals surface area (Å²) in [6, 6.07) is 3.86. The first-order chi connectivity index (χ1) is 13.6. The molecule has 1 aliphatic carbocycles. The van der Waals surface area contributed by atoms with Crippen LogP contribution in [0.25, 0.3) is 0 Å². The molecule has 0 radical (unpaired) electrons. The van der Waals surface area contributed by atoms with Crippen LogP contribution in [0.15, 0.2) is 18.3 Å². The Morgan fingerprint density at radius 1 is 1.03 bits per heavy atom. The van der Waals surface area contributed by atoms with Gasteiger partial charge in [0.2, 0.25) is 0 Å². The summed E-state index contributed by atoms with van der Waals surface area (Å²) in [5.41, 5.74) is 0.914. The van der Waals surface area contributed by atoms with Gasteiger partial charge in [-0.1, -0.05) is 5.92 Å². The molecule has 1 aliphatic heterocycles. The molecule has 1 saturated carbocycles. The number of rotatable bonds is 6. The average molecular weight is 401 g/mol. The predicted molar refractivity (Wildman–Crippen MR) is 115 cm³/mol. The zero-order valence-electron chi connectivity index (χ0n) is 18.8. The van der Waals surface area contributed by atoms with Crippen LogP contribution in [0.3, 0.4) is 0 Å². The molecule has 29 heavy (non-hydrogen) atoms. The fourth-order valence-electron chi connectivity index (χ4n) is 3.45. The first kappa shape index (κ1) is 22.1. The fraction of sp³-hybridized carbons (Fsp3) is 0.708. The van der Waals surface area contributed by atoms with Gasteiger partial charge in [0.1, 0.15) is 17.5 Å². The van der Waals surface area contributed by atoms with Gasteiger partial charge in [0.25, 0.3) is 0 Å². The second-order valence-electron chi connectivity index (χ2n) is 10.1. The van der Waals surface area contributed by atoms with Crippen molar-refractivity contribution in [1.29, 1.82) is 0 Å². The molecule has 5 nitrogen and oxygen atoms in total. The molecule has 1 aromatic rings. The van der Waals surface area contributed by atoms with Gasteiger partial charge in [-0.05, 0) is 59.6 Å². The van der Waals surface area contributed by atoms with E-state index in [0.717, 1.165) is 43.8 Å². The van der Waals surface area contributed by atoms with Crippen LogP contribution in [0.5, 0.6) is 5.75 Å². The van der Waals surface area contributed by atoms with Gasteiger partial charge in [-0.3, -0.25) is 4.90 Å². The lowest BCUT2D eigenvalue weighted by Crippen LogP contribution is -2.59. The Bertz CT molecular complexity index is 710. The zero-order valence-corrected chi connectivity index (χ0v) is 18.8. The van der Waals surface area contributed by atoms with Crippen LogP contribution in [0.1, 0.15) is 66.5 Å². The quantitative estimate of drug-likeness (QED) is 0.532. The molecule has 2 fully saturated rings. The van der Waals surface area contributed by atoms with Crippen LogP contribution in [-0.4, -0.2) is 59.0 Å². The monoisotopic (exact) mass is 400 g/mol. The Morgan fingerprint density at radius 2 is 1.76 bits per heavy atom. The van der Waals surface area contributed by atoms with E-state index in [1.54, 1.807) is 6.20 Å². The van der Waals surface area contributed by atoms with Crippen molar-refractivity contribution in [1.82, 2.24) is 9.88 Å². The summed E-state index contributed by atoms with van der Waals surface area (Å²) < 4.78 is 17.8. The Balaban J connectivity index is 1.31. The van der Waals surface area contributed by atoms with Gasteiger partial charge < -0.3 is 14.2 Å². The van der Waals surface area contributed by atoms with Crippen LogP contribution >= 0.6 is 0 Å². The van der Waals surface area contributed by atoms with Gasteiger partial charge in [0.15, 0.2) is 0 Å². The van der Waals surface area contributed by atoms with E-state index in [2.05, 4.69) is 63.3 Å². The van der Waals surface area contributed by atoms with E-state index in [9.17, 15) is 0 Å². The zero-order chi connectivity index (χ0) is 21.1. The largest absolute Gasteiger partial charge is 0.489 e. The van der Waals surface area contributed by atoms with Crippen molar-refractivity contribution in [3.63, 3.8) is 0 Å². The third-order valence-electron chi connectivity index (χ3n) is 5.20. The highest BCUT2D eigenvalue weighted by atomic mass is 16.5. The number of likely N-dealkylation sites (tertiary alicyclic amines) is 1. The maximum atomic E-state index is 5.96. The summed E-state index contributed by atoms with van der Waals surface area (Å²) in [5, 5.41) is 0. The van der Waals surface area contributed by atoms with Crippen molar-refractivity contribution in [2.24, 2.45) is 0 Å². The van der Waals surface area contributed by atoms with Crippen LogP contribution in [-0.2, 0) is 9.47 Å². The molecule has 2 aliphatic rings. The number of hydrogen-bond donors (Lipinski definition) is 0. The lowest BCUT2D eigenvalue weighted by Gasteiger charge is -2.47. The van der Waals surface area contributed by atoms with E-state index in [1.807, 2.05) is 12.1 Å². The number of ether oxygens (including phenoxy) is 3. The van der Waals surface area contributed by atoms with Gasteiger partial charge in [0, 0.05) is 37.9 Å². The SMILES string of the molecule is CC(C)(C)OC1CC(Oc2ccc(C#CCCOC3CN(C(C)(C)C)C3)nc2)C1. The van der Waals surface area contributed by atoms with Gasteiger partial charge in [-0.15, -0.1) is 0 Å². The molecule has 1 aromatic heterocycles. The van der Waals surface area contributed by atoms with E-state index in [0.29, 0.717) is 18.8 Å². The van der Waals surface area contributed by atoms with Crippen molar-refractivity contribution in [3.8, 4) is 17.6 Å². The van der Waals surface area contributed by atoms with Crippen LogP contribution in [0.2, 0.25) is 0 Å². The molecule has 0 amide bonds. The van der Waals surface area contributed by atoms with Crippen molar-refractivity contribution in [2.75, 3.05) is 19.7 Å².